The first-order valence-electron chi connectivity index (χ1n) is 17.0. The summed E-state index contributed by atoms with van der Waals surface area (Å²) < 4.78 is 0. The highest BCUT2D eigenvalue weighted by molar-refractivity contribution is 5.88. The number of aliphatic hydroxyl groups is 1. The quantitative estimate of drug-likeness (QED) is 0.242. The third-order valence-electron chi connectivity index (χ3n) is 14.9. The second kappa shape index (κ2) is 10.6. The molecule has 0 radical (unpaired) electrons. The SMILES string of the molecule is C=C(C)[C@@H]1CC[C@]2(C(=O)O)CC[C@]3(C)[C@H](CC[C@@H]4[C@@]5(C)CC[C@@H](O)[C@@](C)(C(=O)N[C@@H](CC(C)C)C(=O)O)[C@@H]5CC[C@]43C)[C@@H]12. The summed E-state index contributed by atoms with van der Waals surface area (Å²) in [6.07, 6.45) is 7.89. The third-order valence-corrected chi connectivity index (χ3v) is 14.9. The van der Waals surface area contributed by atoms with Crippen LogP contribution in [0.15, 0.2) is 12.2 Å². The summed E-state index contributed by atoms with van der Waals surface area (Å²) >= 11 is 0. The molecule has 4 N–H and O–H groups in total. The molecular weight excluding hydrogens is 542 g/mol. The molecule has 5 aliphatic rings. The van der Waals surface area contributed by atoms with Gasteiger partial charge in [0.2, 0.25) is 5.91 Å². The summed E-state index contributed by atoms with van der Waals surface area (Å²) in [4.78, 5) is 39.1. The van der Waals surface area contributed by atoms with E-state index in [0.29, 0.717) is 24.7 Å². The zero-order chi connectivity index (χ0) is 31.9. The molecule has 43 heavy (non-hydrogen) atoms. The largest absolute Gasteiger partial charge is 0.481 e. The van der Waals surface area contributed by atoms with E-state index in [0.717, 1.165) is 63.4 Å². The Morgan fingerprint density at radius 1 is 0.860 bits per heavy atom. The molecule has 7 heteroatoms. The number of amides is 1. The number of carboxylic acid groups (broad SMARTS) is 2. The Morgan fingerprint density at radius 3 is 2.12 bits per heavy atom. The zero-order valence-corrected chi connectivity index (χ0v) is 27.7. The topological polar surface area (TPSA) is 124 Å². The molecule has 0 aromatic rings. The average molecular weight is 600 g/mol. The predicted octanol–water partition coefficient (Wildman–Crippen LogP) is 6.69. The molecule has 5 rings (SSSR count). The van der Waals surface area contributed by atoms with Gasteiger partial charge < -0.3 is 20.6 Å². The first-order chi connectivity index (χ1) is 19.9. The van der Waals surface area contributed by atoms with Crippen LogP contribution in [0.2, 0.25) is 0 Å². The van der Waals surface area contributed by atoms with Crippen LogP contribution in [-0.2, 0) is 14.4 Å². The molecule has 5 aliphatic carbocycles. The highest BCUT2D eigenvalue weighted by atomic mass is 16.4. The Kier molecular flexibility index (Phi) is 8.01. The van der Waals surface area contributed by atoms with E-state index in [-0.39, 0.29) is 45.8 Å². The number of carbonyl (C=O) groups is 3. The van der Waals surface area contributed by atoms with Crippen LogP contribution in [0.3, 0.4) is 0 Å². The van der Waals surface area contributed by atoms with Crippen molar-refractivity contribution in [1.82, 2.24) is 5.32 Å². The number of rotatable bonds is 7. The molecule has 242 valence electrons. The number of aliphatic carboxylic acids is 2. The van der Waals surface area contributed by atoms with Gasteiger partial charge in [0.15, 0.2) is 0 Å². The van der Waals surface area contributed by atoms with Gasteiger partial charge in [0.25, 0.3) is 0 Å². The van der Waals surface area contributed by atoms with Crippen molar-refractivity contribution in [2.45, 2.75) is 131 Å². The van der Waals surface area contributed by atoms with Crippen molar-refractivity contribution < 1.29 is 29.7 Å². The van der Waals surface area contributed by atoms with Crippen molar-refractivity contribution in [1.29, 1.82) is 0 Å². The van der Waals surface area contributed by atoms with E-state index in [1.54, 1.807) is 0 Å². The molecule has 0 unspecified atom stereocenters. The molecule has 0 aromatic carbocycles. The number of carboxylic acids is 2. The van der Waals surface area contributed by atoms with Gasteiger partial charge in [-0.2, -0.15) is 0 Å². The molecule has 5 saturated carbocycles. The van der Waals surface area contributed by atoms with Gasteiger partial charge in [-0.05, 0) is 136 Å². The van der Waals surface area contributed by atoms with Crippen molar-refractivity contribution in [2.75, 3.05) is 0 Å². The molecule has 5 fully saturated rings. The van der Waals surface area contributed by atoms with Crippen molar-refractivity contribution in [3.63, 3.8) is 0 Å². The maximum Gasteiger partial charge on any atom is 0.326 e. The van der Waals surface area contributed by atoms with Gasteiger partial charge in [-0.15, -0.1) is 0 Å². The Bertz CT molecular complexity index is 1180. The van der Waals surface area contributed by atoms with Crippen molar-refractivity contribution >= 4 is 17.8 Å². The van der Waals surface area contributed by atoms with Gasteiger partial charge in [-0.1, -0.05) is 46.8 Å². The highest BCUT2D eigenvalue weighted by Gasteiger charge is 2.73. The van der Waals surface area contributed by atoms with Crippen molar-refractivity contribution in [3.8, 4) is 0 Å². The molecule has 0 saturated heterocycles. The minimum absolute atomic E-state index is 0.0189. The first-order valence-corrected chi connectivity index (χ1v) is 17.0. The molecule has 7 nitrogen and oxygen atoms in total. The summed E-state index contributed by atoms with van der Waals surface area (Å²) in [6.45, 7) is 19.5. The van der Waals surface area contributed by atoms with E-state index in [1.807, 2.05) is 20.8 Å². The second-order valence-corrected chi connectivity index (χ2v) is 17.0. The van der Waals surface area contributed by atoms with E-state index in [1.165, 1.54) is 0 Å². The fourth-order valence-corrected chi connectivity index (χ4v) is 12.5. The fraction of sp³-hybridized carbons (Fsp3) is 0.861. The Balaban J connectivity index is 1.50. The lowest BCUT2D eigenvalue weighted by atomic mass is 9.32. The van der Waals surface area contributed by atoms with E-state index in [9.17, 15) is 29.7 Å². The summed E-state index contributed by atoms with van der Waals surface area (Å²) in [5.41, 5.74) is -0.826. The standard InChI is InChI=1S/C36H57NO6/c1-20(2)19-24(29(39)40)37-30(41)35(8)26-12-15-34(7)25(32(26,5)14-13-27(35)38)10-9-23-28-22(21(3)4)11-16-36(28,31(42)43)18-17-33(23,34)6/h20,22-28,38H,3,9-19H2,1-2,4-8H3,(H,37,41)(H,39,40)(H,42,43)/t22-,23+,24-,25+,26+,27+,28+,32+,33+,34+,35-,36-/m0/s1. The second-order valence-electron chi connectivity index (χ2n) is 17.0. The molecule has 0 bridgehead atoms. The minimum atomic E-state index is -1.07. The highest BCUT2D eigenvalue weighted by Crippen LogP contribution is 2.77. The summed E-state index contributed by atoms with van der Waals surface area (Å²) in [7, 11) is 0. The molecule has 1 amide bonds. The average Bonchev–Trinajstić information content (AvgIpc) is 3.32. The minimum Gasteiger partial charge on any atom is -0.481 e. The van der Waals surface area contributed by atoms with E-state index in [2.05, 4.69) is 39.6 Å². The van der Waals surface area contributed by atoms with Gasteiger partial charge >= 0.3 is 11.9 Å². The maximum absolute atomic E-state index is 14.1. The number of nitrogens with one attached hydrogen (secondary N) is 1. The molecule has 12 atom stereocenters. The smallest absolute Gasteiger partial charge is 0.326 e. The van der Waals surface area contributed by atoms with Crippen LogP contribution in [-0.4, -0.2) is 45.3 Å². The van der Waals surface area contributed by atoms with E-state index >= 15 is 0 Å². The number of hydrogen-bond donors (Lipinski definition) is 4. The van der Waals surface area contributed by atoms with Gasteiger partial charge in [0, 0.05) is 0 Å². The Morgan fingerprint density at radius 2 is 1.53 bits per heavy atom. The molecular formula is C36H57NO6. The van der Waals surface area contributed by atoms with Crippen LogP contribution < -0.4 is 5.32 Å². The summed E-state index contributed by atoms with van der Waals surface area (Å²) in [6, 6.07) is -0.975. The van der Waals surface area contributed by atoms with Crippen LogP contribution in [0.25, 0.3) is 0 Å². The van der Waals surface area contributed by atoms with Gasteiger partial charge in [0.05, 0.1) is 16.9 Å². The number of hydrogen-bond acceptors (Lipinski definition) is 4. The van der Waals surface area contributed by atoms with Gasteiger partial charge in [-0.25, -0.2) is 4.79 Å². The van der Waals surface area contributed by atoms with Crippen LogP contribution in [0, 0.1) is 62.6 Å². The predicted molar refractivity (Wildman–Crippen MR) is 166 cm³/mol. The summed E-state index contributed by atoms with van der Waals surface area (Å²) in [5.74, 6) is -0.908. The Hall–Kier alpha value is -1.89. The number of aliphatic hydroxyl groups excluding tert-OH is 1. The lowest BCUT2D eigenvalue weighted by Crippen LogP contribution is -2.69. The zero-order valence-electron chi connectivity index (χ0n) is 27.7. The third kappa shape index (κ3) is 4.40. The molecule has 0 aromatic heterocycles. The normalized spacial score (nSPS) is 47.8. The molecule has 0 heterocycles. The monoisotopic (exact) mass is 599 g/mol. The van der Waals surface area contributed by atoms with Crippen LogP contribution in [0.4, 0.5) is 0 Å². The van der Waals surface area contributed by atoms with Gasteiger partial charge in [0.1, 0.15) is 6.04 Å². The molecule has 0 aliphatic heterocycles. The lowest BCUT2D eigenvalue weighted by molar-refractivity contribution is -0.248. The van der Waals surface area contributed by atoms with E-state index < -0.39 is 34.9 Å². The van der Waals surface area contributed by atoms with Crippen molar-refractivity contribution in [3.05, 3.63) is 12.2 Å². The fourth-order valence-electron chi connectivity index (χ4n) is 12.5. The van der Waals surface area contributed by atoms with Crippen molar-refractivity contribution in [2.24, 2.45) is 62.6 Å². The summed E-state index contributed by atoms with van der Waals surface area (Å²) in [5, 5.41) is 34.8. The maximum atomic E-state index is 14.1. The number of fused-ring (bicyclic) bond motifs is 7. The van der Waals surface area contributed by atoms with Gasteiger partial charge in [-0.3, -0.25) is 9.59 Å². The molecule has 0 spiro atoms. The van der Waals surface area contributed by atoms with Crippen LogP contribution >= 0.6 is 0 Å². The van der Waals surface area contributed by atoms with Crippen LogP contribution in [0.5, 0.6) is 0 Å². The lowest BCUT2D eigenvalue weighted by Gasteiger charge is -2.72. The number of allylic oxidation sites excluding steroid dienone is 1. The van der Waals surface area contributed by atoms with E-state index in [4.69, 9.17) is 0 Å². The first kappa shape index (κ1) is 32.5. The van der Waals surface area contributed by atoms with Crippen LogP contribution in [0.1, 0.15) is 119 Å². The number of carbonyl (C=O) groups excluding carboxylic acids is 1. The Labute approximate surface area is 258 Å².